The van der Waals surface area contributed by atoms with Crippen LogP contribution in [0.15, 0.2) is 41.2 Å². The Labute approximate surface area is 125 Å². The van der Waals surface area contributed by atoms with Crippen LogP contribution in [-0.2, 0) is 4.74 Å². The highest BCUT2D eigenvalue weighted by atomic mass is 32.1. The molecule has 1 atom stereocenters. The Hall–Kier alpha value is -2.05. The zero-order chi connectivity index (χ0) is 14.1. The first kappa shape index (κ1) is 12.7. The van der Waals surface area contributed by atoms with Crippen LogP contribution < -0.4 is 0 Å². The van der Waals surface area contributed by atoms with E-state index in [4.69, 9.17) is 9.26 Å². The second-order valence-electron chi connectivity index (χ2n) is 4.86. The molecule has 3 aromatic heterocycles. The number of pyridine rings is 1. The second-order valence-corrected chi connectivity index (χ2v) is 5.98. The molecule has 21 heavy (non-hydrogen) atoms. The average Bonchev–Trinajstić information content (AvgIpc) is 3.27. The van der Waals surface area contributed by atoms with Gasteiger partial charge in [-0.05, 0) is 37.1 Å². The summed E-state index contributed by atoms with van der Waals surface area (Å²) in [6.45, 7) is 0.852. The van der Waals surface area contributed by atoms with Gasteiger partial charge in [-0.1, -0.05) is 5.16 Å². The third kappa shape index (κ3) is 2.48. The van der Waals surface area contributed by atoms with E-state index < -0.39 is 0 Å². The van der Waals surface area contributed by atoms with Gasteiger partial charge in [0.1, 0.15) is 0 Å². The maximum atomic E-state index is 5.70. The van der Waals surface area contributed by atoms with Crippen LogP contribution in [0.5, 0.6) is 0 Å². The molecular formula is C15H13N3O2S. The van der Waals surface area contributed by atoms with E-state index in [1.807, 2.05) is 18.2 Å². The van der Waals surface area contributed by atoms with Gasteiger partial charge in [0.15, 0.2) is 0 Å². The molecule has 0 spiro atoms. The first-order chi connectivity index (χ1) is 10.4. The first-order valence-corrected chi connectivity index (χ1v) is 7.67. The minimum Gasteiger partial charge on any atom is -0.373 e. The van der Waals surface area contributed by atoms with Crippen LogP contribution >= 0.6 is 11.3 Å². The number of hydrogen-bond acceptors (Lipinski definition) is 6. The van der Waals surface area contributed by atoms with E-state index in [1.165, 1.54) is 4.88 Å². The molecule has 106 valence electrons. The molecule has 5 nitrogen and oxygen atoms in total. The predicted molar refractivity (Wildman–Crippen MR) is 78.8 cm³/mol. The van der Waals surface area contributed by atoms with Gasteiger partial charge in [-0.25, -0.2) is 0 Å². The highest BCUT2D eigenvalue weighted by Gasteiger charge is 2.21. The molecule has 3 aromatic rings. The van der Waals surface area contributed by atoms with Crippen molar-refractivity contribution in [2.75, 3.05) is 6.61 Å². The fourth-order valence-electron chi connectivity index (χ4n) is 2.38. The molecule has 1 unspecified atom stereocenters. The van der Waals surface area contributed by atoms with E-state index in [-0.39, 0.29) is 6.10 Å². The van der Waals surface area contributed by atoms with E-state index in [9.17, 15) is 0 Å². The van der Waals surface area contributed by atoms with Gasteiger partial charge in [0.2, 0.25) is 5.82 Å². The Morgan fingerprint density at radius 1 is 1.14 bits per heavy atom. The maximum Gasteiger partial charge on any atom is 0.268 e. The van der Waals surface area contributed by atoms with Crippen LogP contribution in [0.4, 0.5) is 0 Å². The molecule has 6 heteroatoms. The fraction of sp³-hybridized carbons (Fsp3) is 0.267. The lowest BCUT2D eigenvalue weighted by Crippen LogP contribution is -1.90. The molecule has 4 heterocycles. The zero-order valence-electron chi connectivity index (χ0n) is 11.2. The standard InChI is InChI=1S/C15H13N3O2S/c1-2-11(19-9-1)12-3-4-13(21-12)15-17-14(18-20-15)10-5-7-16-8-6-10/h3-8,11H,1-2,9H2. The molecule has 4 rings (SSSR count). The van der Waals surface area contributed by atoms with Gasteiger partial charge < -0.3 is 9.26 Å². The third-order valence-corrected chi connectivity index (χ3v) is 4.61. The summed E-state index contributed by atoms with van der Waals surface area (Å²) < 4.78 is 11.1. The van der Waals surface area contributed by atoms with Crippen molar-refractivity contribution in [3.8, 4) is 22.2 Å². The quantitative estimate of drug-likeness (QED) is 0.737. The summed E-state index contributed by atoms with van der Waals surface area (Å²) in [7, 11) is 0. The number of nitrogens with zero attached hydrogens (tertiary/aromatic N) is 3. The van der Waals surface area contributed by atoms with Crippen molar-refractivity contribution < 1.29 is 9.26 Å². The summed E-state index contributed by atoms with van der Waals surface area (Å²) in [5.41, 5.74) is 0.899. The Kier molecular flexibility index (Phi) is 3.25. The van der Waals surface area contributed by atoms with Gasteiger partial charge in [0.25, 0.3) is 5.89 Å². The van der Waals surface area contributed by atoms with Crippen LogP contribution in [0, 0.1) is 0 Å². The summed E-state index contributed by atoms with van der Waals surface area (Å²) in [6, 6.07) is 7.83. The minimum atomic E-state index is 0.228. The van der Waals surface area contributed by atoms with Gasteiger partial charge >= 0.3 is 0 Å². The predicted octanol–water partition coefficient (Wildman–Crippen LogP) is 3.71. The van der Waals surface area contributed by atoms with Gasteiger partial charge in [0, 0.05) is 29.4 Å². The maximum absolute atomic E-state index is 5.70. The number of thiophene rings is 1. The summed E-state index contributed by atoms with van der Waals surface area (Å²) in [4.78, 5) is 10.6. The summed E-state index contributed by atoms with van der Waals surface area (Å²) in [6.07, 6.45) is 5.88. The molecule has 1 aliphatic rings. The van der Waals surface area contributed by atoms with E-state index in [0.29, 0.717) is 11.7 Å². The zero-order valence-corrected chi connectivity index (χ0v) is 12.0. The Morgan fingerprint density at radius 3 is 2.86 bits per heavy atom. The normalized spacial score (nSPS) is 18.2. The lowest BCUT2D eigenvalue weighted by Gasteiger charge is -2.04. The SMILES string of the molecule is c1cc(-c2noc(-c3ccc(C4CCCO4)s3)n2)ccn1. The van der Waals surface area contributed by atoms with Crippen LogP contribution in [-0.4, -0.2) is 21.7 Å². The number of hydrogen-bond donors (Lipinski definition) is 0. The van der Waals surface area contributed by atoms with Gasteiger partial charge in [-0.2, -0.15) is 4.98 Å². The van der Waals surface area contributed by atoms with Crippen LogP contribution in [0.1, 0.15) is 23.8 Å². The monoisotopic (exact) mass is 299 g/mol. The number of ether oxygens (including phenoxy) is 1. The molecule has 0 aromatic carbocycles. The minimum absolute atomic E-state index is 0.228. The molecule has 0 radical (unpaired) electrons. The molecule has 0 bridgehead atoms. The molecule has 1 saturated heterocycles. The van der Waals surface area contributed by atoms with Crippen LogP contribution in [0.2, 0.25) is 0 Å². The molecular weight excluding hydrogens is 286 g/mol. The highest BCUT2D eigenvalue weighted by Crippen LogP contribution is 2.36. The molecule has 0 N–H and O–H groups in total. The molecule has 1 fully saturated rings. The number of aromatic nitrogens is 3. The molecule has 0 saturated carbocycles. The van der Waals surface area contributed by atoms with E-state index in [1.54, 1.807) is 23.7 Å². The molecule has 0 amide bonds. The Morgan fingerprint density at radius 2 is 2.05 bits per heavy atom. The van der Waals surface area contributed by atoms with Gasteiger partial charge in [-0.3, -0.25) is 4.98 Å². The van der Waals surface area contributed by atoms with E-state index in [0.717, 1.165) is 29.9 Å². The Bertz CT molecular complexity index is 732. The highest BCUT2D eigenvalue weighted by molar-refractivity contribution is 7.15. The van der Waals surface area contributed by atoms with Crippen molar-refractivity contribution in [1.82, 2.24) is 15.1 Å². The lowest BCUT2D eigenvalue weighted by molar-refractivity contribution is 0.114. The fourth-order valence-corrected chi connectivity index (χ4v) is 3.40. The topological polar surface area (TPSA) is 61.0 Å². The molecule has 1 aliphatic heterocycles. The first-order valence-electron chi connectivity index (χ1n) is 6.86. The smallest absolute Gasteiger partial charge is 0.268 e. The van der Waals surface area contributed by atoms with Crippen molar-refractivity contribution >= 4 is 11.3 Å². The van der Waals surface area contributed by atoms with Crippen molar-refractivity contribution in [1.29, 1.82) is 0 Å². The summed E-state index contributed by atoms with van der Waals surface area (Å²) >= 11 is 1.66. The Balaban J connectivity index is 1.61. The van der Waals surface area contributed by atoms with E-state index in [2.05, 4.69) is 21.2 Å². The average molecular weight is 299 g/mol. The van der Waals surface area contributed by atoms with Crippen molar-refractivity contribution in [2.45, 2.75) is 18.9 Å². The molecule has 0 aliphatic carbocycles. The summed E-state index contributed by atoms with van der Waals surface area (Å²) in [5, 5.41) is 4.03. The van der Waals surface area contributed by atoms with Crippen molar-refractivity contribution in [3.63, 3.8) is 0 Å². The second kappa shape index (κ2) is 5.38. The van der Waals surface area contributed by atoms with Gasteiger partial charge in [0.05, 0.1) is 11.0 Å². The van der Waals surface area contributed by atoms with Crippen LogP contribution in [0.25, 0.3) is 22.2 Å². The number of rotatable bonds is 3. The van der Waals surface area contributed by atoms with Crippen molar-refractivity contribution in [3.05, 3.63) is 41.5 Å². The van der Waals surface area contributed by atoms with Crippen molar-refractivity contribution in [2.24, 2.45) is 0 Å². The van der Waals surface area contributed by atoms with E-state index >= 15 is 0 Å². The lowest BCUT2D eigenvalue weighted by atomic mass is 10.2. The van der Waals surface area contributed by atoms with Crippen LogP contribution in [0.3, 0.4) is 0 Å². The van der Waals surface area contributed by atoms with Gasteiger partial charge in [-0.15, -0.1) is 11.3 Å². The summed E-state index contributed by atoms with van der Waals surface area (Å²) in [5.74, 6) is 1.13. The third-order valence-electron chi connectivity index (χ3n) is 3.45. The largest absolute Gasteiger partial charge is 0.373 e.